The predicted octanol–water partition coefficient (Wildman–Crippen LogP) is 1.97. The van der Waals surface area contributed by atoms with E-state index in [0.717, 1.165) is 36.9 Å². The lowest BCUT2D eigenvalue weighted by molar-refractivity contribution is -0.126. The molecule has 3 unspecified atom stereocenters. The van der Waals surface area contributed by atoms with E-state index in [0.29, 0.717) is 30.6 Å². The molecule has 1 aromatic carbocycles. The van der Waals surface area contributed by atoms with Crippen LogP contribution in [0.25, 0.3) is 0 Å². The minimum absolute atomic E-state index is 0.115. The maximum absolute atomic E-state index is 12.1. The Labute approximate surface area is 124 Å². The first-order valence-corrected chi connectivity index (χ1v) is 7.78. The van der Waals surface area contributed by atoms with Crippen molar-refractivity contribution in [2.45, 2.75) is 43.6 Å². The van der Waals surface area contributed by atoms with Gasteiger partial charge in [-0.2, -0.15) is 0 Å². The average Bonchev–Trinajstić information content (AvgIpc) is 2.41. The summed E-state index contributed by atoms with van der Waals surface area (Å²) in [6.45, 7) is 0.966. The fourth-order valence-corrected chi connectivity index (χ4v) is 5.17. The Hall–Kier alpha value is -1.55. The Bertz CT molecular complexity index is 627. The monoisotopic (exact) mass is 287 g/mol. The fraction of sp³-hybridized carbons (Fsp3) is 0.588. The molecule has 2 bridgehead atoms. The molecular formula is C17H21NO3. The summed E-state index contributed by atoms with van der Waals surface area (Å²) in [6.07, 6.45) is 3.92. The van der Waals surface area contributed by atoms with Crippen molar-refractivity contribution in [3.63, 3.8) is 0 Å². The molecular weight excluding hydrogens is 266 g/mol. The smallest absolute Gasteiger partial charge is 0.133 e. The van der Waals surface area contributed by atoms with E-state index in [1.807, 2.05) is 0 Å². The Morgan fingerprint density at radius 1 is 1.33 bits per heavy atom. The topological polar surface area (TPSA) is 60.8 Å². The maximum atomic E-state index is 12.1. The van der Waals surface area contributed by atoms with Crippen LogP contribution < -0.4 is 0 Å². The first kappa shape index (κ1) is 13.1. The summed E-state index contributed by atoms with van der Waals surface area (Å²) in [7, 11) is 2.15. The molecule has 1 saturated heterocycles. The molecule has 1 saturated carbocycles. The number of fused-ring (bicyclic) bond motifs is 1. The van der Waals surface area contributed by atoms with E-state index in [4.69, 9.17) is 0 Å². The molecule has 0 radical (unpaired) electrons. The van der Waals surface area contributed by atoms with Crippen LogP contribution in [0.2, 0.25) is 0 Å². The lowest BCUT2D eigenvalue weighted by atomic mass is 9.52. The highest BCUT2D eigenvalue weighted by atomic mass is 16.3. The average molecular weight is 287 g/mol. The van der Waals surface area contributed by atoms with Crippen molar-refractivity contribution < 1.29 is 15.0 Å². The van der Waals surface area contributed by atoms with Gasteiger partial charge in [-0.3, -0.25) is 4.79 Å². The van der Waals surface area contributed by atoms with Crippen molar-refractivity contribution in [3.8, 4) is 11.5 Å². The summed E-state index contributed by atoms with van der Waals surface area (Å²) in [5.41, 5.74) is 1.76. The van der Waals surface area contributed by atoms with E-state index in [2.05, 4.69) is 11.9 Å². The standard InChI is InChI=1S/C17H21NO3/c1-18-5-4-17-9-11(19)2-3-13(17)14(18)7-10-6-12(20)8-15(21)16(10)17/h6,8,13-14,20-21H,2-5,7,9H2,1H3. The molecule has 21 heavy (non-hydrogen) atoms. The van der Waals surface area contributed by atoms with E-state index in [1.54, 1.807) is 6.07 Å². The second kappa shape index (κ2) is 4.23. The molecule has 3 atom stereocenters. The van der Waals surface area contributed by atoms with Crippen molar-refractivity contribution in [2.24, 2.45) is 5.92 Å². The SMILES string of the molecule is CN1CCC23CC(=O)CCC2C1Cc1cc(O)cc(O)c13. The normalized spacial score (nSPS) is 35.2. The quantitative estimate of drug-likeness (QED) is 0.766. The van der Waals surface area contributed by atoms with E-state index in [9.17, 15) is 15.0 Å². The number of benzene rings is 1. The number of rotatable bonds is 0. The van der Waals surface area contributed by atoms with E-state index in [1.165, 1.54) is 6.07 Å². The molecule has 4 nitrogen and oxygen atoms in total. The van der Waals surface area contributed by atoms with Crippen molar-refractivity contribution in [1.29, 1.82) is 0 Å². The molecule has 112 valence electrons. The van der Waals surface area contributed by atoms with Gasteiger partial charge in [-0.1, -0.05) is 0 Å². The van der Waals surface area contributed by atoms with Gasteiger partial charge in [0.05, 0.1) is 0 Å². The number of hydrogen-bond donors (Lipinski definition) is 2. The molecule has 0 aromatic heterocycles. The van der Waals surface area contributed by atoms with Gasteiger partial charge in [-0.05, 0) is 50.4 Å². The molecule has 4 heteroatoms. The number of Topliss-reactive ketones (excluding diaryl/α,β-unsaturated/α-hetero) is 1. The molecule has 0 spiro atoms. The number of likely N-dealkylation sites (N-methyl/N-ethyl adjacent to an activating group) is 1. The number of phenols is 2. The van der Waals surface area contributed by atoms with Gasteiger partial charge in [0.2, 0.25) is 0 Å². The summed E-state index contributed by atoms with van der Waals surface area (Å²) in [6, 6.07) is 3.63. The van der Waals surface area contributed by atoms with Gasteiger partial charge in [0.1, 0.15) is 17.3 Å². The van der Waals surface area contributed by atoms with Gasteiger partial charge in [0, 0.05) is 35.9 Å². The Balaban J connectivity index is 1.95. The number of aromatic hydroxyl groups is 2. The van der Waals surface area contributed by atoms with Crippen LogP contribution >= 0.6 is 0 Å². The van der Waals surface area contributed by atoms with Crippen LogP contribution in [0.1, 0.15) is 36.8 Å². The number of nitrogens with zero attached hydrogens (tertiary/aromatic N) is 1. The zero-order valence-corrected chi connectivity index (χ0v) is 12.3. The second-order valence-electron chi connectivity index (χ2n) is 7.02. The van der Waals surface area contributed by atoms with Crippen LogP contribution in [0.4, 0.5) is 0 Å². The van der Waals surface area contributed by atoms with Crippen LogP contribution in [0.3, 0.4) is 0 Å². The van der Waals surface area contributed by atoms with Gasteiger partial charge < -0.3 is 15.1 Å². The fourth-order valence-electron chi connectivity index (χ4n) is 5.17. The first-order valence-electron chi connectivity index (χ1n) is 7.78. The minimum atomic E-state index is -0.210. The molecule has 2 N–H and O–H groups in total. The van der Waals surface area contributed by atoms with E-state index in [-0.39, 0.29) is 16.9 Å². The number of likely N-dealkylation sites (tertiary alicyclic amines) is 1. The lowest BCUT2D eigenvalue weighted by Crippen LogP contribution is -2.60. The van der Waals surface area contributed by atoms with Gasteiger partial charge in [-0.25, -0.2) is 0 Å². The highest BCUT2D eigenvalue weighted by molar-refractivity contribution is 5.82. The summed E-state index contributed by atoms with van der Waals surface area (Å²) in [5, 5.41) is 20.3. The molecule has 2 fully saturated rings. The van der Waals surface area contributed by atoms with Crippen molar-refractivity contribution in [2.75, 3.05) is 13.6 Å². The zero-order valence-electron chi connectivity index (χ0n) is 12.3. The van der Waals surface area contributed by atoms with Gasteiger partial charge in [0.25, 0.3) is 0 Å². The van der Waals surface area contributed by atoms with E-state index >= 15 is 0 Å². The van der Waals surface area contributed by atoms with Crippen molar-refractivity contribution in [1.82, 2.24) is 4.90 Å². The zero-order chi connectivity index (χ0) is 14.8. The Kier molecular flexibility index (Phi) is 2.65. The third-order valence-electron chi connectivity index (χ3n) is 6.01. The summed E-state index contributed by atoms with van der Waals surface area (Å²) in [4.78, 5) is 14.5. The van der Waals surface area contributed by atoms with Crippen LogP contribution in [-0.4, -0.2) is 40.5 Å². The lowest BCUT2D eigenvalue weighted by Gasteiger charge is -2.58. The van der Waals surface area contributed by atoms with Crippen molar-refractivity contribution in [3.05, 3.63) is 23.3 Å². The summed E-state index contributed by atoms with van der Waals surface area (Å²) >= 11 is 0. The second-order valence-corrected chi connectivity index (χ2v) is 7.02. The third-order valence-corrected chi connectivity index (χ3v) is 6.01. The summed E-state index contributed by atoms with van der Waals surface area (Å²) < 4.78 is 0. The molecule has 1 heterocycles. The number of ketones is 1. The number of hydrogen-bond acceptors (Lipinski definition) is 4. The highest BCUT2D eigenvalue weighted by Crippen LogP contribution is 2.57. The molecule has 0 amide bonds. The Morgan fingerprint density at radius 3 is 2.95 bits per heavy atom. The maximum Gasteiger partial charge on any atom is 0.133 e. The molecule has 2 aliphatic carbocycles. The van der Waals surface area contributed by atoms with Crippen LogP contribution in [-0.2, 0) is 16.6 Å². The van der Waals surface area contributed by atoms with Gasteiger partial charge in [-0.15, -0.1) is 0 Å². The van der Waals surface area contributed by atoms with Gasteiger partial charge in [0.15, 0.2) is 0 Å². The number of carbonyl (C=O) groups is 1. The minimum Gasteiger partial charge on any atom is -0.508 e. The highest BCUT2D eigenvalue weighted by Gasteiger charge is 2.55. The Morgan fingerprint density at radius 2 is 2.14 bits per heavy atom. The molecule has 3 aliphatic rings. The molecule has 1 aliphatic heterocycles. The third kappa shape index (κ3) is 1.68. The predicted molar refractivity (Wildman–Crippen MR) is 78.5 cm³/mol. The number of piperidine rings is 1. The van der Waals surface area contributed by atoms with Crippen molar-refractivity contribution >= 4 is 5.78 Å². The number of phenolic OH excluding ortho intramolecular Hbond substituents is 2. The summed E-state index contributed by atoms with van der Waals surface area (Å²) in [5.74, 6) is 1.04. The number of carbonyl (C=O) groups excluding carboxylic acids is 1. The van der Waals surface area contributed by atoms with Gasteiger partial charge >= 0.3 is 0 Å². The molecule has 4 rings (SSSR count). The largest absolute Gasteiger partial charge is 0.508 e. The van der Waals surface area contributed by atoms with Crippen LogP contribution in [0.15, 0.2) is 12.1 Å². The van der Waals surface area contributed by atoms with Crippen LogP contribution in [0.5, 0.6) is 11.5 Å². The first-order chi connectivity index (χ1) is 10.0. The van der Waals surface area contributed by atoms with E-state index < -0.39 is 0 Å². The van der Waals surface area contributed by atoms with Crippen LogP contribution in [0, 0.1) is 5.92 Å². The molecule has 1 aromatic rings.